The van der Waals surface area contributed by atoms with Crippen molar-refractivity contribution < 1.29 is 4.79 Å². The molecule has 0 saturated heterocycles. The second-order valence-electron chi connectivity index (χ2n) is 9.32. The van der Waals surface area contributed by atoms with Gasteiger partial charge in [-0.1, -0.05) is 11.6 Å². The number of hydrogen-bond acceptors (Lipinski definition) is 5. The lowest BCUT2D eigenvalue weighted by Crippen LogP contribution is -2.50. The maximum atomic E-state index is 12.0. The van der Waals surface area contributed by atoms with Crippen LogP contribution in [0.5, 0.6) is 0 Å². The summed E-state index contributed by atoms with van der Waals surface area (Å²) in [5.41, 5.74) is 6.77. The van der Waals surface area contributed by atoms with Gasteiger partial charge in [0.2, 0.25) is 0 Å². The summed E-state index contributed by atoms with van der Waals surface area (Å²) in [5, 5.41) is 22.0. The van der Waals surface area contributed by atoms with E-state index in [-0.39, 0.29) is 17.5 Å². The van der Waals surface area contributed by atoms with Crippen molar-refractivity contribution in [1.29, 1.82) is 5.26 Å². The molecule has 1 amide bonds. The van der Waals surface area contributed by atoms with Crippen molar-refractivity contribution in [2.45, 2.75) is 63.6 Å². The molecule has 2 aromatic rings. The van der Waals surface area contributed by atoms with E-state index in [1.165, 1.54) is 12.8 Å². The van der Waals surface area contributed by atoms with Gasteiger partial charge in [-0.3, -0.25) is 9.48 Å². The van der Waals surface area contributed by atoms with Crippen LogP contribution < -0.4 is 16.4 Å². The molecule has 1 aromatic carbocycles. The molecule has 4 N–H and O–H groups in total. The van der Waals surface area contributed by atoms with Crippen LogP contribution >= 0.6 is 11.6 Å². The first-order valence-corrected chi connectivity index (χ1v) is 11.2. The molecule has 2 saturated carbocycles. The van der Waals surface area contributed by atoms with E-state index in [0.29, 0.717) is 22.4 Å². The molecule has 31 heavy (non-hydrogen) atoms. The Morgan fingerprint density at radius 2 is 1.97 bits per heavy atom. The molecule has 0 bridgehead atoms. The minimum Gasteiger partial charge on any atom is -0.365 e. The molecule has 2 aliphatic carbocycles. The lowest BCUT2D eigenvalue weighted by atomic mass is 9.81. The van der Waals surface area contributed by atoms with Gasteiger partial charge in [0.05, 0.1) is 18.0 Å². The predicted octanol–water partition coefficient (Wildman–Crippen LogP) is 4.39. The van der Waals surface area contributed by atoms with Gasteiger partial charge in [0.1, 0.15) is 5.56 Å². The highest BCUT2D eigenvalue weighted by Gasteiger charge is 2.41. The number of hydrogen-bond donors (Lipinski definition) is 3. The quantitative estimate of drug-likeness (QED) is 0.591. The maximum Gasteiger partial charge on any atom is 0.254 e. The van der Waals surface area contributed by atoms with Crippen LogP contribution in [0.25, 0.3) is 0 Å². The lowest BCUT2D eigenvalue weighted by Gasteiger charge is -2.38. The summed E-state index contributed by atoms with van der Waals surface area (Å²) >= 11 is 5.95. The Kier molecular flexibility index (Phi) is 5.96. The zero-order valence-corrected chi connectivity index (χ0v) is 18.7. The van der Waals surface area contributed by atoms with Crippen molar-refractivity contribution in [2.24, 2.45) is 17.6 Å². The minimum atomic E-state index is -0.558. The number of nitrogens with one attached hydrogen (secondary N) is 2. The number of benzene rings is 1. The van der Waals surface area contributed by atoms with Crippen molar-refractivity contribution in [1.82, 2.24) is 15.1 Å². The van der Waals surface area contributed by atoms with Crippen LogP contribution in [0, 0.1) is 23.2 Å². The van der Waals surface area contributed by atoms with Crippen molar-refractivity contribution in [3.8, 4) is 6.07 Å². The summed E-state index contributed by atoms with van der Waals surface area (Å²) in [5.74, 6) is 0.376. The summed E-state index contributed by atoms with van der Waals surface area (Å²) in [6.07, 6.45) is 6.77. The molecule has 7 nitrogen and oxygen atoms in total. The highest BCUT2D eigenvalue weighted by Crippen LogP contribution is 2.41. The average molecular weight is 441 g/mol. The zero-order valence-electron chi connectivity index (χ0n) is 17.9. The van der Waals surface area contributed by atoms with Gasteiger partial charge in [0.15, 0.2) is 5.82 Å². The van der Waals surface area contributed by atoms with E-state index in [2.05, 4.69) is 35.6 Å². The van der Waals surface area contributed by atoms with E-state index < -0.39 is 5.91 Å². The van der Waals surface area contributed by atoms with E-state index in [1.54, 1.807) is 23.0 Å². The average Bonchev–Trinajstić information content (AvgIpc) is 3.51. The van der Waals surface area contributed by atoms with Gasteiger partial charge in [0.25, 0.3) is 5.91 Å². The van der Waals surface area contributed by atoms with Gasteiger partial charge in [-0.2, -0.15) is 10.4 Å². The number of carbonyl (C=O) groups is 1. The molecule has 1 heterocycles. The van der Waals surface area contributed by atoms with Crippen LogP contribution in [0.15, 0.2) is 30.5 Å². The molecule has 2 fully saturated rings. The number of aromatic nitrogens is 2. The van der Waals surface area contributed by atoms with Gasteiger partial charge >= 0.3 is 0 Å². The molecule has 4 rings (SSSR count). The lowest BCUT2D eigenvalue weighted by molar-refractivity contribution is 0.100. The molecule has 1 unspecified atom stereocenters. The summed E-state index contributed by atoms with van der Waals surface area (Å²) in [6.45, 7) is 4.53. The highest BCUT2D eigenvalue weighted by molar-refractivity contribution is 6.30. The largest absolute Gasteiger partial charge is 0.365 e. The SMILES string of the molecule is CC(C)(N[C@@H]1CCC(n2cc(C(N)=O)c(Nc3ccc(Cl)cc3)n2)[C@@H](C#N)C1)C1CC1. The number of nitrogens with two attached hydrogens (primary N) is 1. The van der Waals surface area contributed by atoms with Crippen molar-refractivity contribution in [2.75, 3.05) is 5.32 Å². The minimum absolute atomic E-state index is 0.0917. The van der Waals surface area contributed by atoms with Crippen molar-refractivity contribution >= 4 is 29.0 Å². The second kappa shape index (κ2) is 8.52. The first-order valence-electron chi connectivity index (χ1n) is 10.9. The number of nitrogens with zero attached hydrogens (tertiary/aromatic N) is 3. The Morgan fingerprint density at radius 1 is 1.26 bits per heavy atom. The maximum absolute atomic E-state index is 12.0. The van der Waals surface area contributed by atoms with Crippen LogP contribution in [-0.4, -0.2) is 27.3 Å². The monoisotopic (exact) mass is 440 g/mol. The molecule has 0 aliphatic heterocycles. The first-order chi connectivity index (χ1) is 14.8. The van der Waals surface area contributed by atoms with Crippen molar-refractivity contribution in [3.05, 3.63) is 41.0 Å². The van der Waals surface area contributed by atoms with Crippen LogP contribution in [0.2, 0.25) is 5.02 Å². The van der Waals surface area contributed by atoms with Crippen molar-refractivity contribution in [3.63, 3.8) is 0 Å². The number of nitriles is 1. The third-order valence-corrected chi connectivity index (χ3v) is 6.85. The topological polar surface area (TPSA) is 109 Å². The van der Waals surface area contributed by atoms with Crippen LogP contribution in [0.1, 0.15) is 62.4 Å². The Morgan fingerprint density at radius 3 is 2.58 bits per heavy atom. The predicted molar refractivity (Wildman–Crippen MR) is 121 cm³/mol. The molecule has 1 aromatic heterocycles. The van der Waals surface area contributed by atoms with Gasteiger partial charge in [0, 0.05) is 28.5 Å². The molecule has 0 radical (unpaired) electrons. The van der Waals surface area contributed by atoms with E-state index in [1.807, 2.05) is 12.1 Å². The molecule has 0 spiro atoms. The summed E-state index contributed by atoms with van der Waals surface area (Å²) in [6, 6.07) is 9.83. The summed E-state index contributed by atoms with van der Waals surface area (Å²) < 4.78 is 1.74. The van der Waals surface area contributed by atoms with Crippen LogP contribution in [0.3, 0.4) is 0 Å². The van der Waals surface area contributed by atoms with Crippen LogP contribution in [0.4, 0.5) is 11.5 Å². The molecule has 2 aliphatic rings. The highest BCUT2D eigenvalue weighted by atomic mass is 35.5. The van der Waals surface area contributed by atoms with E-state index in [0.717, 1.165) is 30.9 Å². The van der Waals surface area contributed by atoms with E-state index >= 15 is 0 Å². The standard InChI is InChI=1S/C23H29ClN6O/c1-23(2,15-3-4-15)28-18-9-10-20(14(11-18)12-25)30-13-19(21(26)31)22(29-30)27-17-7-5-16(24)6-8-17/h5-8,13-15,18,20,28H,3-4,9-11H2,1-2H3,(H2,26,31)(H,27,29)/t14-,18-,20?/m1/s1. The third-order valence-electron chi connectivity index (χ3n) is 6.60. The van der Waals surface area contributed by atoms with Gasteiger partial charge in [-0.25, -0.2) is 0 Å². The van der Waals surface area contributed by atoms with E-state index in [9.17, 15) is 10.1 Å². The third kappa shape index (κ3) is 4.86. The van der Waals surface area contributed by atoms with Gasteiger partial charge in [-0.05, 0) is 76.1 Å². The Hall–Kier alpha value is -2.56. The molecule has 164 valence electrons. The first kappa shape index (κ1) is 21.7. The normalized spacial score (nSPS) is 23.9. The fraction of sp³-hybridized carbons (Fsp3) is 0.522. The number of halogens is 1. The molecule has 8 heteroatoms. The number of primary amides is 1. The fourth-order valence-electron chi connectivity index (χ4n) is 4.69. The smallest absolute Gasteiger partial charge is 0.254 e. The van der Waals surface area contributed by atoms with Crippen LogP contribution in [-0.2, 0) is 0 Å². The number of amides is 1. The van der Waals surface area contributed by atoms with Gasteiger partial charge in [-0.15, -0.1) is 0 Å². The molecular weight excluding hydrogens is 412 g/mol. The Bertz CT molecular complexity index is 988. The number of anilines is 2. The molecular formula is C23H29ClN6O. The summed E-state index contributed by atoms with van der Waals surface area (Å²) in [7, 11) is 0. The fourth-order valence-corrected chi connectivity index (χ4v) is 4.82. The van der Waals surface area contributed by atoms with E-state index in [4.69, 9.17) is 17.3 Å². The zero-order chi connectivity index (χ0) is 22.2. The molecule has 3 atom stereocenters. The Labute approximate surface area is 187 Å². The number of carbonyl (C=O) groups excluding carboxylic acids is 1. The summed E-state index contributed by atoms with van der Waals surface area (Å²) in [4.78, 5) is 12.0. The second-order valence-corrected chi connectivity index (χ2v) is 9.76. The van der Waals surface area contributed by atoms with Gasteiger partial charge < -0.3 is 16.4 Å². The number of rotatable bonds is 7. The Balaban J connectivity index is 1.51.